The van der Waals surface area contributed by atoms with Crippen LogP contribution in [0.25, 0.3) is 0 Å². The van der Waals surface area contributed by atoms with E-state index in [1.165, 1.54) is 6.33 Å². The number of rotatable bonds is 6. The molecule has 1 aromatic heterocycles. The Morgan fingerprint density at radius 3 is 3.06 bits per heavy atom. The van der Waals surface area contributed by atoms with Crippen molar-refractivity contribution < 1.29 is 4.74 Å². The Bertz CT molecular complexity index is 483. The number of nitrogen functional groups attached to an aromatic ring is 1. The lowest BCUT2D eigenvalue weighted by Crippen LogP contribution is -2.08. The first-order valence-electron chi connectivity index (χ1n) is 5.90. The van der Waals surface area contributed by atoms with Gasteiger partial charge in [0.05, 0.1) is 18.0 Å². The minimum atomic E-state index is 0.603. The lowest BCUT2D eigenvalue weighted by atomic mass is 10.2. The molecule has 0 amide bonds. The summed E-state index contributed by atoms with van der Waals surface area (Å²) in [5.74, 6) is 1.56. The Labute approximate surface area is 106 Å². The van der Waals surface area contributed by atoms with Crippen molar-refractivity contribution in [2.45, 2.75) is 13.3 Å². The third-order valence-corrected chi connectivity index (χ3v) is 2.51. The van der Waals surface area contributed by atoms with Crippen LogP contribution in [0.15, 0.2) is 24.5 Å². The van der Waals surface area contributed by atoms with E-state index in [1.807, 2.05) is 25.1 Å². The molecule has 0 unspecified atom stereocenters. The summed E-state index contributed by atoms with van der Waals surface area (Å²) in [6.07, 6.45) is 2.26. The highest BCUT2D eigenvalue weighted by atomic mass is 16.5. The van der Waals surface area contributed by atoms with E-state index in [0.717, 1.165) is 24.5 Å². The van der Waals surface area contributed by atoms with Crippen molar-refractivity contribution in [3.8, 4) is 5.75 Å². The zero-order valence-electron chi connectivity index (χ0n) is 10.3. The van der Waals surface area contributed by atoms with Gasteiger partial charge in [0.25, 0.3) is 0 Å². The molecule has 2 rings (SSSR count). The van der Waals surface area contributed by atoms with Crippen molar-refractivity contribution in [1.29, 1.82) is 0 Å². The zero-order valence-corrected chi connectivity index (χ0v) is 10.3. The van der Waals surface area contributed by atoms with E-state index in [2.05, 4.69) is 20.5 Å². The summed E-state index contributed by atoms with van der Waals surface area (Å²) in [4.78, 5) is 4.05. The van der Waals surface area contributed by atoms with E-state index >= 15 is 0 Å². The maximum absolute atomic E-state index is 6.01. The highest BCUT2D eigenvalue weighted by Crippen LogP contribution is 2.29. The number of nitrogens with two attached hydrogens (primary N) is 1. The predicted octanol–water partition coefficient (Wildman–Crippen LogP) is 1.44. The quantitative estimate of drug-likeness (QED) is 0.672. The lowest BCUT2D eigenvalue weighted by molar-refractivity contribution is 0.342. The third-order valence-electron chi connectivity index (χ3n) is 2.51. The lowest BCUT2D eigenvalue weighted by Gasteiger charge is -2.12. The van der Waals surface area contributed by atoms with Crippen LogP contribution in [-0.2, 0) is 6.42 Å². The molecule has 2 aromatic rings. The molecule has 0 aliphatic carbocycles. The molecule has 4 N–H and O–H groups in total. The number of nitrogens with zero attached hydrogens (tertiary/aromatic N) is 2. The Balaban J connectivity index is 1.94. The summed E-state index contributed by atoms with van der Waals surface area (Å²) in [6, 6.07) is 5.71. The van der Waals surface area contributed by atoms with Gasteiger partial charge in [-0.3, -0.25) is 5.10 Å². The first-order chi connectivity index (χ1) is 8.81. The second-order valence-corrected chi connectivity index (χ2v) is 3.76. The van der Waals surface area contributed by atoms with E-state index < -0.39 is 0 Å². The number of hydrogen-bond donors (Lipinski definition) is 3. The zero-order chi connectivity index (χ0) is 12.8. The number of anilines is 2. The second-order valence-electron chi connectivity index (χ2n) is 3.76. The largest absolute Gasteiger partial charge is 0.492 e. The van der Waals surface area contributed by atoms with Crippen LogP contribution in [0.3, 0.4) is 0 Å². The van der Waals surface area contributed by atoms with E-state index in [0.29, 0.717) is 18.0 Å². The second kappa shape index (κ2) is 5.90. The fraction of sp³-hybridized carbons (Fsp3) is 0.333. The van der Waals surface area contributed by atoms with Crippen LogP contribution in [0.1, 0.15) is 12.7 Å². The first kappa shape index (κ1) is 12.2. The Morgan fingerprint density at radius 2 is 2.33 bits per heavy atom. The summed E-state index contributed by atoms with van der Waals surface area (Å²) < 4.78 is 5.44. The van der Waals surface area contributed by atoms with Gasteiger partial charge in [0.15, 0.2) is 0 Å². The number of H-pyrrole nitrogens is 1. The van der Waals surface area contributed by atoms with E-state index in [-0.39, 0.29) is 0 Å². The van der Waals surface area contributed by atoms with Crippen molar-refractivity contribution in [3.05, 3.63) is 30.4 Å². The monoisotopic (exact) mass is 247 g/mol. The molecule has 6 heteroatoms. The van der Waals surface area contributed by atoms with Gasteiger partial charge in [-0.1, -0.05) is 6.07 Å². The maximum atomic E-state index is 6.01. The minimum Gasteiger partial charge on any atom is -0.492 e. The maximum Gasteiger partial charge on any atom is 0.144 e. The fourth-order valence-electron chi connectivity index (χ4n) is 1.65. The van der Waals surface area contributed by atoms with Crippen molar-refractivity contribution in [2.75, 3.05) is 24.2 Å². The highest BCUT2D eigenvalue weighted by Gasteiger charge is 2.05. The van der Waals surface area contributed by atoms with Crippen LogP contribution in [0.5, 0.6) is 5.75 Å². The molecule has 6 nitrogen and oxygen atoms in total. The molecular weight excluding hydrogens is 230 g/mol. The van der Waals surface area contributed by atoms with Gasteiger partial charge in [-0.15, -0.1) is 0 Å². The molecule has 0 fully saturated rings. The first-order valence-corrected chi connectivity index (χ1v) is 5.90. The van der Waals surface area contributed by atoms with Gasteiger partial charge in [-0.05, 0) is 19.1 Å². The summed E-state index contributed by atoms with van der Waals surface area (Å²) >= 11 is 0. The van der Waals surface area contributed by atoms with Crippen LogP contribution in [-0.4, -0.2) is 28.3 Å². The average molecular weight is 247 g/mol. The highest BCUT2D eigenvalue weighted by molar-refractivity contribution is 5.72. The SMILES string of the molecule is CCOc1cccc(NCCc2ncn[nH]2)c1N. The number of nitrogens with one attached hydrogen (secondary N) is 2. The number of aromatic nitrogens is 3. The fourth-order valence-corrected chi connectivity index (χ4v) is 1.65. The average Bonchev–Trinajstić information content (AvgIpc) is 2.87. The van der Waals surface area contributed by atoms with Gasteiger partial charge in [0.1, 0.15) is 17.9 Å². The number of para-hydroxylation sites is 1. The van der Waals surface area contributed by atoms with Crippen LogP contribution in [0.4, 0.5) is 11.4 Å². The molecule has 18 heavy (non-hydrogen) atoms. The van der Waals surface area contributed by atoms with Gasteiger partial charge >= 0.3 is 0 Å². The molecule has 1 aromatic carbocycles. The summed E-state index contributed by atoms with van der Waals surface area (Å²) in [5.41, 5.74) is 7.52. The van der Waals surface area contributed by atoms with E-state index in [4.69, 9.17) is 10.5 Å². The molecule has 0 spiro atoms. The van der Waals surface area contributed by atoms with Crippen LogP contribution < -0.4 is 15.8 Å². The van der Waals surface area contributed by atoms with Gasteiger partial charge in [0.2, 0.25) is 0 Å². The molecule has 0 saturated heterocycles. The third kappa shape index (κ3) is 2.91. The van der Waals surface area contributed by atoms with Gasteiger partial charge < -0.3 is 15.8 Å². The molecule has 0 aliphatic rings. The molecule has 96 valence electrons. The number of benzene rings is 1. The topological polar surface area (TPSA) is 88.8 Å². The molecule has 0 radical (unpaired) electrons. The molecule has 0 atom stereocenters. The standard InChI is InChI=1S/C12H17N5O/c1-2-18-10-5-3-4-9(12(10)13)14-7-6-11-15-8-16-17-11/h3-5,8,14H,2,6-7,13H2,1H3,(H,15,16,17). The summed E-state index contributed by atoms with van der Waals surface area (Å²) in [5, 5.41) is 9.87. The van der Waals surface area contributed by atoms with Gasteiger partial charge in [0, 0.05) is 13.0 Å². The molecule has 0 saturated carbocycles. The van der Waals surface area contributed by atoms with Gasteiger partial charge in [-0.25, -0.2) is 4.98 Å². The Morgan fingerprint density at radius 1 is 1.44 bits per heavy atom. The van der Waals surface area contributed by atoms with Crippen LogP contribution in [0.2, 0.25) is 0 Å². The molecule has 0 bridgehead atoms. The number of hydrogen-bond acceptors (Lipinski definition) is 5. The van der Waals surface area contributed by atoms with Crippen molar-refractivity contribution in [2.24, 2.45) is 0 Å². The molecule has 0 aliphatic heterocycles. The van der Waals surface area contributed by atoms with Crippen molar-refractivity contribution in [1.82, 2.24) is 15.2 Å². The number of ether oxygens (including phenoxy) is 1. The molecular formula is C12H17N5O. The minimum absolute atomic E-state index is 0.603. The summed E-state index contributed by atoms with van der Waals surface area (Å²) in [6.45, 7) is 3.27. The van der Waals surface area contributed by atoms with E-state index in [9.17, 15) is 0 Å². The summed E-state index contributed by atoms with van der Waals surface area (Å²) in [7, 11) is 0. The Hall–Kier alpha value is -2.24. The van der Waals surface area contributed by atoms with Crippen molar-refractivity contribution >= 4 is 11.4 Å². The Kier molecular flexibility index (Phi) is 4.01. The number of aromatic amines is 1. The normalized spacial score (nSPS) is 10.3. The van der Waals surface area contributed by atoms with E-state index in [1.54, 1.807) is 0 Å². The smallest absolute Gasteiger partial charge is 0.144 e. The van der Waals surface area contributed by atoms with Crippen LogP contribution >= 0.6 is 0 Å². The predicted molar refractivity (Wildman–Crippen MR) is 70.6 cm³/mol. The van der Waals surface area contributed by atoms with Gasteiger partial charge in [-0.2, -0.15) is 5.10 Å². The molecule has 1 heterocycles. The van der Waals surface area contributed by atoms with Crippen molar-refractivity contribution in [3.63, 3.8) is 0 Å². The van der Waals surface area contributed by atoms with Crippen LogP contribution in [0, 0.1) is 0 Å².